The van der Waals surface area contributed by atoms with E-state index in [4.69, 9.17) is 0 Å². The van der Waals surface area contributed by atoms with E-state index in [1.165, 1.54) is 0 Å². The predicted molar refractivity (Wildman–Crippen MR) is 87.4 cm³/mol. The Labute approximate surface area is 162 Å². The van der Waals surface area contributed by atoms with Crippen LogP contribution >= 0.6 is 0 Å². The fraction of sp³-hybridized carbons (Fsp3) is 0.833. The summed E-state index contributed by atoms with van der Waals surface area (Å²) in [4.78, 5) is 29.3. The van der Waals surface area contributed by atoms with E-state index in [0.29, 0.717) is 0 Å². The molecule has 0 saturated heterocycles. The molecule has 0 fully saturated rings. The molecular weight excluding hydrogens is 371 g/mol. The Bertz CT molecular complexity index is 260. The molecule has 0 unspecified atom stereocenters. The minimum atomic E-state index is -0.932. The zero-order chi connectivity index (χ0) is 19.2. The number of hydrogen-bond donors (Lipinski definition) is 0. The summed E-state index contributed by atoms with van der Waals surface area (Å²) in [7, 11) is 0. The second kappa shape index (κ2) is 27.8. The van der Waals surface area contributed by atoms with Crippen molar-refractivity contribution in [1.82, 2.24) is 0 Å². The first-order chi connectivity index (χ1) is 11.3. The molecular formula is C18H33CoO6. The van der Waals surface area contributed by atoms with Gasteiger partial charge in [0.05, 0.1) is 0 Å². The summed E-state index contributed by atoms with van der Waals surface area (Å²) in [5.41, 5.74) is 0. The van der Waals surface area contributed by atoms with Crippen molar-refractivity contribution in [3.05, 3.63) is 0 Å². The van der Waals surface area contributed by atoms with Gasteiger partial charge in [0.1, 0.15) is 0 Å². The molecule has 0 aliphatic rings. The SMILES string of the molecule is CCCCCC(=O)[O-].CCCCCC(=O)[O-].CCCCCC(=O)[O-].[Co+3]. The van der Waals surface area contributed by atoms with E-state index in [1.807, 2.05) is 20.8 Å². The van der Waals surface area contributed by atoms with Crippen LogP contribution < -0.4 is 15.3 Å². The van der Waals surface area contributed by atoms with Gasteiger partial charge in [-0.05, 0) is 38.5 Å². The van der Waals surface area contributed by atoms with E-state index in [2.05, 4.69) is 0 Å². The standard InChI is InChI=1S/3C6H12O2.Co/c3*1-2-3-4-5-6(7)8;/h3*2-5H2,1H3,(H,7,8);/q;;;+3/p-3. The summed E-state index contributed by atoms with van der Waals surface area (Å²) in [6.45, 7) is 6.11. The van der Waals surface area contributed by atoms with Crippen LogP contribution in [0.2, 0.25) is 0 Å². The molecule has 0 aromatic heterocycles. The third kappa shape index (κ3) is 51.8. The van der Waals surface area contributed by atoms with Crippen molar-refractivity contribution in [3.63, 3.8) is 0 Å². The Balaban J connectivity index is -0.000000130. The van der Waals surface area contributed by atoms with E-state index in [0.717, 1.165) is 57.8 Å². The van der Waals surface area contributed by atoms with Gasteiger partial charge in [-0.3, -0.25) is 0 Å². The fourth-order valence-corrected chi connectivity index (χ4v) is 1.56. The number of carboxylic acid groups (broad SMARTS) is 3. The molecule has 0 aromatic carbocycles. The van der Waals surface area contributed by atoms with Crippen molar-refractivity contribution in [1.29, 1.82) is 0 Å². The third-order valence-electron chi connectivity index (χ3n) is 2.95. The number of aliphatic carboxylic acids is 3. The number of carbonyl (C=O) groups excluding carboxylic acids is 3. The second-order valence-electron chi connectivity index (χ2n) is 5.49. The summed E-state index contributed by atoms with van der Waals surface area (Å²) in [5.74, 6) is -2.80. The molecule has 0 spiro atoms. The van der Waals surface area contributed by atoms with Crippen molar-refractivity contribution in [2.75, 3.05) is 0 Å². The molecule has 0 amide bonds. The van der Waals surface area contributed by atoms with Crippen LogP contribution in [0.5, 0.6) is 0 Å². The third-order valence-corrected chi connectivity index (χ3v) is 2.95. The Hall–Kier alpha value is -1.08. The van der Waals surface area contributed by atoms with E-state index in [9.17, 15) is 29.7 Å². The van der Waals surface area contributed by atoms with Crippen LogP contribution in [-0.2, 0) is 31.2 Å². The van der Waals surface area contributed by atoms with Crippen LogP contribution in [0.25, 0.3) is 0 Å². The number of carbonyl (C=O) groups is 3. The summed E-state index contributed by atoms with van der Waals surface area (Å²) in [5, 5.41) is 29.3. The minimum absolute atomic E-state index is 0. The first-order valence-electron chi connectivity index (χ1n) is 8.91. The predicted octanol–water partition coefficient (Wildman–Crippen LogP) is 0.947. The summed E-state index contributed by atoms with van der Waals surface area (Å²) in [6, 6.07) is 0. The molecule has 25 heavy (non-hydrogen) atoms. The maximum absolute atomic E-state index is 9.76. The maximum Gasteiger partial charge on any atom is 3.00 e. The second-order valence-corrected chi connectivity index (χ2v) is 5.49. The van der Waals surface area contributed by atoms with Gasteiger partial charge < -0.3 is 29.7 Å². The van der Waals surface area contributed by atoms with Gasteiger partial charge in [0, 0.05) is 17.9 Å². The van der Waals surface area contributed by atoms with Gasteiger partial charge in [0.15, 0.2) is 0 Å². The van der Waals surface area contributed by atoms with Crippen molar-refractivity contribution >= 4 is 17.9 Å². The van der Waals surface area contributed by atoms with E-state index >= 15 is 0 Å². The number of rotatable bonds is 12. The maximum atomic E-state index is 9.76. The van der Waals surface area contributed by atoms with Gasteiger partial charge in [-0.25, -0.2) is 0 Å². The van der Waals surface area contributed by atoms with Crippen LogP contribution in [0.1, 0.15) is 97.8 Å². The molecule has 0 bridgehead atoms. The zero-order valence-corrected chi connectivity index (χ0v) is 16.8. The smallest absolute Gasteiger partial charge is 0.550 e. The molecule has 0 atom stereocenters. The molecule has 6 nitrogen and oxygen atoms in total. The van der Waals surface area contributed by atoms with Crippen molar-refractivity contribution in [2.45, 2.75) is 97.8 Å². The number of carboxylic acids is 3. The first-order valence-corrected chi connectivity index (χ1v) is 8.91. The molecule has 0 radical (unpaired) electrons. The molecule has 7 heteroatoms. The number of unbranched alkanes of at least 4 members (excludes halogenated alkanes) is 6. The van der Waals surface area contributed by atoms with Gasteiger partial charge in [-0.15, -0.1) is 0 Å². The summed E-state index contributed by atoms with van der Waals surface area (Å²) < 4.78 is 0. The van der Waals surface area contributed by atoms with E-state index in [-0.39, 0.29) is 36.0 Å². The fourth-order valence-electron chi connectivity index (χ4n) is 1.56. The van der Waals surface area contributed by atoms with Gasteiger partial charge in [0.2, 0.25) is 0 Å². The van der Waals surface area contributed by atoms with Crippen molar-refractivity contribution < 1.29 is 46.5 Å². The Morgan fingerprint density at radius 3 is 0.840 bits per heavy atom. The van der Waals surface area contributed by atoms with Gasteiger partial charge in [0.25, 0.3) is 0 Å². The average Bonchev–Trinajstić information content (AvgIpc) is 2.48. The van der Waals surface area contributed by atoms with Crippen LogP contribution in [0, 0.1) is 0 Å². The van der Waals surface area contributed by atoms with Gasteiger partial charge >= 0.3 is 16.8 Å². The quantitative estimate of drug-likeness (QED) is 0.447. The van der Waals surface area contributed by atoms with Crippen LogP contribution in [0.3, 0.4) is 0 Å². The monoisotopic (exact) mass is 404 g/mol. The van der Waals surface area contributed by atoms with Crippen molar-refractivity contribution in [2.24, 2.45) is 0 Å². The van der Waals surface area contributed by atoms with Crippen LogP contribution in [-0.4, -0.2) is 17.9 Å². The topological polar surface area (TPSA) is 120 Å². The molecule has 150 valence electrons. The van der Waals surface area contributed by atoms with E-state index in [1.54, 1.807) is 0 Å². The molecule has 0 aromatic rings. The average molecular weight is 404 g/mol. The molecule has 0 aliphatic heterocycles. The van der Waals surface area contributed by atoms with Gasteiger partial charge in [-0.1, -0.05) is 59.3 Å². The summed E-state index contributed by atoms with van der Waals surface area (Å²) in [6.07, 6.45) is 9.11. The molecule has 0 heterocycles. The zero-order valence-electron chi connectivity index (χ0n) is 15.8. The molecule has 0 aliphatic carbocycles. The Morgan fingerprint density at radius 1 is 0.520 bits per heavy atom. The molecule has 0 N–H and O–H groups in total. The molecule has 0 saturated carbocycles. The van der Waals surface area contributed by atoms with Crippen molar-refractivity contribution in [3.8, 4) is 0 Å². The molecule has 0 rings (SSSR count). The summed E-state index contributed by atoms with van der Waals surface area (Å²) >= 11 is 0. The van der Waals surface area contributed by atoms with Gasteiger partial charge in [-0.2, -0.15) is 0 Å². The Morgan fingerprint density at radius 2 is 0.720 bits per heavy atom. The first kappa shape index (κ1) is 31.7. The largest absolute Gasteiger partial charge is 3.00 e. The minimum Gasteiger partial charge on any atom is -0.550 e. The Kier molecular flexibility index (Phi) is 35.1. The van der Waals surface area contributed by atoms with Crippen LogP contribution in [0.15, 0.2) is 0 Å². The normalized spacial score (nSPS) is 8.76. The van der Waals surface area contributed by atoms with Crippen LogP contribution in [0.4, 0.5) is 0 Å². The number of hydrogen-bond acceptors (Lipinski definition) is 6. The van der Waals surface area contributed by atoms with E-state index < -0.39 is 17.9 Å².